The van der Waals surface area contributed by atoms with Crippen LogP contribution in [0.15, 0.2) is 83.6 Å². The van der Waals surface area contributed by atoms with Gasteiger partial charge in [-0.3, -0.25) is 0 Å². The number of alkyl carbamates (subject to hydrolysis) is 1. The third-order valence-electron chi connectivity index (χ3n) is 5.58. The van der Waals surface area contributed by atoms with E-state index >= 15 is 0 Å². The Bertz CT molecular complexity index is 942. The van der Waals surface area contributed by atoms with Crippen molar-refractivity contribution in [3.63, 3.8) is 0 Å². The van der Waals surface area contributed by atoms with Crippen molar-refractivity contribution in [2.24, 2.45) is 0 Å². The largest absolute Gasteiger partial charge is 0.445 e. The average molecular weight is 472 g/mol. The molecule has 0 bridgehead atoms. The Labute approximate surface area is 196 Å². The summed E-state index contributed by atoms with van der Waals surface area (Å²) in [5.74, 6) is 0. The Morgan fingerprint density at radius 1 is 0.970 bits per heavy atom. The number of aliphatic hydroxyl groups is 2. The molecule has 2 aliphatic rings. The van der Waals surface area contributed by atoms with Crippen molar-refractivity contribution in [2.45, 2.75) is 43.0 Å². The molecule has 0 unspecified atom stereocenters. The number of hydrogen-bond donors (Lipinski definition) is 4. The monoisotopic (exact) mass is 471 g/mol. The first-order chi connectivity index (χ1) is 16.2. The third-order valence-corrected chi connectivity index (χ3v) is 7.62. The smallest absolute Gasteiger partial charge is 0.407 e. The molecule has 8 heteroatoms. The van der Waals surface area contributed by atoms with Crippen LogP contribution in [0.5, 0.6) is 0 Å². The Morgan fingerprint density at radius 2 is 1.58 bits per heavy atom. The SMILES string of the molecule is O=C(N[C@@H]1[C@@H](O)[C@H](CO)O[C@@H]([SH]2C=CC=C2)[C@H]1OCc1ccccc1)OCc1ccccc1. The molecule has 4 rings (SSSR count). The van der Waals surface area contributed by atoms with E-state index in [1.807, 2.05) is 83.6 Å². The number of carbonyl (C=O) groups excluding carboxylic acids is 1. The normalized spacial score (nSPS) is 27.5. The maximum atomic E-state index is 12.6. The fourth-order valence-corrected chi connectivity index (χ4v) is 5.81. The molecule has 3 N–H and O–H groups in total. The summed E-state index contributed by atoms with van der Waals surface area (Å²) in [6.07, 6.45) is 0.556. The molecule has 7 nitrogen and oxygen atoms in total. The van der Waals surface area contributed by atoms with Crippen LogP contribution in [0.4, 0.5) is 4.79 Å². The molecule has 0 spiro atoms. The molecule has 0 radical (unpaired) electrons. The summed E-state index contributed by atoms with van der Waals surface area (Å²) in [4.78, 5) is 12.6. The van der Waals surface area contributed by atoms with Crippen LogP contribution in [-0.4, -0.2) is 52.7 Å². The lowest BCUT2D eigenvalue weighted by atomic mass is 9.97. The highest BCUT2D eigenvalue weighted by Gasteiger charge is 2.48. The number of ether oxygens (including phenoxy) is 3. The lowest BCUT2D eigenvalue weighted by Gasteiger charge is -2.46. The number of benzene rings is 2. The summed E-state index contributed by atoms with van der Waals surface area (Å²) in [5, 5.41) is 27.6. The van der Waals surface area contributed by atoms with Gasteiger partial charge in [-0.1, -0.05) is 72.8 Å². The molecule has 5 atom stereocenters. The highest BCUT2D eigenvalue weighted by Crippen LogP contribution is 2.45. The van der Waals surface area contributed by atoms with Gasteiger partial charge in [0, 0.05) is 0 Å². The minimum atomic E-state index is -1.16. The molecule has 0 aliphatic carbocycles. The average Bonchev–Trinajstić information content (AvgIpc) is 3.39. The molecule has 176 valence electrons. The second-order valence-electron chi connectivity index (χ2n) is 7.86. The van der Waals surface area contributed by atoms with Gasteiger partial charge in [0.15, 0.2) is 0 Å². The number of nitrogens with one attached hydrogen (secondary N) is 1. The highest BCUT2D eigenvalue weighted by molar-refractivity contribution is 8.22. The van der Waals surface area contributed by atoms with Gasteiger partial charge < -0.3 is 29.7 Å². The van der Waals surface area contributed by atoms with Gasteiger partial charge in [0.1, 0.15) is 30.4 Å². The number of aliphatic hydroxyl groups excluding tert-OH is 2. The van der Waals surface area contributed by atoms with Gasteiger partial charge in [-0.25, -0.2) is 4.79 Å². The van der Waals surface area contributed by atoms with Crippen LogP contribution in [-0.2, 0) is 27.4 Å². The van der Waals surface area contributed by atoms with Gasteiger partial charge in [-0.15, -0.1) is 0 Å². The van der Waals surface area contributed by atoms with Gasteiger partial charge in [0.2, 0.25) is 0 Å². The van der Waals surface area contributed by atoms with E-state index in [4.69, 9.17) is 14.2 Å². The van der Waals surface area contributed by atoms with E-state index in [-0.39, 0.29) is 19.8 Å². The zero-order valence-corrected chi connectivity index (χ0v) is 19.0. The van der Waals surface area contributed by atoms with Crippen LogP contribution < -0.4 is 5.32 Å². The number of allylic oxidation sites excluding steroid dienone is 2. The highest BCUT2D eigenvalue weighted by atomic mass is 32.2. The Balaban J connectivity index is 1.51. The second-order valence-corrected chi connectivity index (χ2v) is 9.86. The second kappa shape index (κ2) is 11.5. The molecule has 33 heavy (non-hydrogen) atoms. The topological polar surface area (TPSA) is 97.3 Å². The third kappa shape index (κ3) is 6.04. The molecule has 0 saturated carbocycles. The van der Waals surface area contributed by atoms with Crippen LogP contribution in [0.25, 0.3) is 0 Å². The van der Waals surface area contributed by atoms with Crippen molar-refractivity contribution in [3.8, 4) is 0 Å². The van der Waals surface area contributed by atoms with E-state index < -0.39 is 46.8 Å². The van der Waals surface area contributed by atoms with Crippen LogP contribution in [0.1, 0.15) is 11.1 Å². The molecule has 1 amide bonds. The maximum Gasteiger partial charge on any atom is 0.407 e. The molecule has 1 saturated heterocycles. The first-order valence-electron chi connectivity index (χ1n) is 10.9. The fraction of sp³-hybridized carbons (Fsp3) is 0.320. The van der Waals surface area contributed by atoms with Gasteiger partial charge in [0.05, 0.1) is 19.3 Å². The van der Waals surface area contributed by atoms with Gasteiger partial charge >= 0.3 is 6.09 Å². The van der Waals surface area contributed by atoms with E-state index in [1.165, 1.54) is 0 Å². The van der Waals surface area contributed by atoms with Gasteiger partial charge in [-0.2, -0.15) is 10.9 Å². The first-order valence-corrected chi connectivity index (χ1v) is 12.4. The van der Waals surface area contributed by atoms with E-state index in [0.717, 1.165) is 11.1 Å². The zero-order chi connectivity index (χ0) is 23.0. The molecule has 2 aromatic rings. The van der Waals surface area contributed by atoms with Crippen molar-refractivity contribution < 1.29 is 29.2 Å². The Morgan fingerprint density at radius 3 is 2.18 bits per heavy atom. The molecule has 2 aliphatic heterocycles. The van der Waals surface area contributed by atoms with Crippen molar-refractivity contribution in [2.75, 3.05) is 6.61 Å². The number of carbonyl (C=O) groups is 1. The molecular weight excluding hydrogens is 442 g/mol. The summed E-state index contributed by atoms with van der Waals surface area (Å²) >= 11 is 0. The Hall–Kier alpha value is -2.62. The van der Waals surface area contributed by atoms with Crippen LogP contribution in [0.2, 0.25) is 0 Å². The quantitative estimate of drug-likeness (QED) is 0.442. The number of hydrogen-bond acceptors (Lipinski definition) is 6. The number of rotatable bonds is 8. The van der Waals surface area contributed by atoms with E-state index in [0.29, 0.717) is 0 Å². The molecule has 1 fully saturated rings. The van der Waals surface area contributed by atoms with E-state index in [9.17, 15) is 15.0 Å². The van der Waals surface area contributed by atoms with E-state index in [1.54, 1.807) is 0 Å². The van der Waals surface area contributed by atoms with Crippen LogP contribution in [0.3, 0.4) is 0 Å². The van der Waals surface area contributed by atoms with Gasteiger partial charge in [-0.05, 0) is 21.9 Å². The zero-order valence-electron chi connectivity index (χ0n) is 18.1. The van der Waals surface area contributed by atoms with Gasteiger partial charge in [0.25, 0.3) is 0 Å². The fourth-order valence-electron chi connectivity index (χ4n) is 3.87. The maximum absolute atomic E-state index is 12.6. The molecule has 2 aromatic carbocycles. The summed E-state index contributed by atoms with van der Waals surface area (Å²) in [6, 6.07) is 18.2. The minimum Gasteiger partial charge on any atom is -0.445 e. The van der Waals surface area contributed by atoms with Crippen molar-refractivity contribution in [1.29, 1.82) is 0 Å². The Kier molecular flexibility index (Phi) is 8.20. The molecule has 0 aromatic heterocycles. The van der Waals surface area contributed by atoms with Crippen molar-refractivity contribution in [1.82, 2.24) is 5.32 Å². The van der Waals surface area contributed by atoms with Crippen LogP contribution >= 0.6 is 10.9 Å². The van der Waals surface area contributed by atoms with Crippen molar-refractivity contribution >= 4 is 17.0 Å². The summed E-state index contributed by atoms with van der Waals surface area (Å²) in [6.45, 7) is 0.0131. The first kappa shape index (κ1) is 23.5. The summed E-state index contributed by atoms with van der Waals surface area (Å²) in [5.41, 5.74) is 1.37. The number of amides is 1. The predicted octanol–water partition coefficient (Wildman–Crippen LogP) is 2.99. The predicted molar refractivity (Wildman–Crippen MR) is 128 cm³/mol. The standard InChI is InChI=1S/C25H29NO6S/c27-15-20-22(28)21(26-25(29)31-17-19-11-5-2-6-12-19)23(24(32-20)33-13-7-8-14-33)30-16-18-9-3-1-4-10-18/h1-14,20-24,27-28,33H,15-17H2,(H,26,29)/t20-,21+,22-,23-,24-/m0/s1. The molecular formula is C25H29NO6S. The van der Waals surface area contributed by atoms with Crippen LogP contribution in [0, 0.1) is 0 Å². The summed E-state index contributed by atoms with van der Waals surface area (Å²) < 4.78 is 17.7. The van der Waals surface area contributed by atoms with Crippen molar-refractivity contribution in [3.05, 3.63) is 94.8 Å². The summed E-state index contributed by atoms with van der Waals surface area (Å²) in [7, 11) is -0.853. The van der Waals surface area contributed by atoms with E-state index in [2.05, 4.69) is 5.32 Å². The lowest BCUT2D eigenvalue weighted by Crippen LogP contribution is -2.64. The minimum absolute atomic E-state index is 0.104. The lowest BCUT2D eigenvalue weighted by molar-refractivity contribution is -0.183. The number of thiol groups is 1. The molecule has 2 heterocycles.